The van der Waals surface area contributed by atoms with Gasteiger partial charge in [0.2, 0.25) is 0 Å². The zero-order valence-corrected chi connectivity index (χ0v) is 10.2. The van der Waals surface area contributed by atoms with Crippen LogP contribution >= 0.6 is 0 Å². The molecule has 0 saturated carbocycles. The summed E-state index contributed by atoms with van der Waals surface area (Å²) in [6.45, 7) is 1.60. The summed E-state index contributed by atoms with van der Waals surface area (Å²) in [6.07, 6.45) is 0. The van der Waals surface area contributed by atoms with E-state index in [9.17, 15) is 13.6 Å². The Bertz CT molecular complexity index is 621. The van der Waals surface area contributed by atoms with Crippen LogP contribution in [-0.2, 0) is 5.92 Å². The van der Waals surface area contributed by atoms with Gasteiger partial charge in [-0.1, -0.05) is 36.4 Å². The van der Waals surface area contributed by atoms with Crippen LogP contribution in [-0.4, -0.2) is 11.1 Å². The monoisotopic (exact) mass is 262 g/mol. The van der Waals surface area contributed by atoms with E-state index >= 15 is 0 Å². The number of hydrogen-bond acceptors (Lipinski definition) is 1. The Balaban J connectivity index is 2.53. The molecule has 0 aliphatic rings. The van der Waals surface area contributed by atoms with Crippen molar-refractivity contribution < 1.29 is 18.7 Å². The number of carboxylic acids is 1. The molecule has 0 aliphatic carbocycles. The quantitative estimate of drug-likeness (QED) is 0.912. The molecule has 2 nitrogen and oxygen atoms in total. The van der Waals surface area contributed by atoms with Gasteiger partial charge >= 0.3 is 5.97 Å². The topological polar surface area (TPSA) is 37.3 Å². The van der Waals surface area contributed by atoms with E-state index in [2.05, 4.69) is 0 Å². The number of hydrogen-bond donors (Lipinski definition) is 1. The lowest BCUT2D eigenvalue weighted by atomic mass is 9.95. The second-order valence-corrected chi connectivity index (χ2v) is 4.28. The molecule has 0 aliphatic heterocycles. The predicted octanol–water partition coefficient (Wildman–Crippen LogP) is 3.83. The standard InChI is InChI=1S/C15H12F2O2/c1-10-5-2-3-8-13(10)15(16,17)12-7-4-6-11(9-12)14(18)19/h2-9H,1H3,(H,18,19). The van der Waals surface area contributed by atoms with Gasteiger partial charge in [-0.05, 0) is 24.6 Å². The van der Waals surface area contributed by atoms with Crippen LogP contribution in [0.2, 0.25) is 0 Å². The molecule has 0 heterocycles. The highest BCUT2D eigenvalue weighted by Crippen LogP contribution is 2.37. The Kier molecular flexibility index (Phi) is 3.34. The van der Waals surface area contributed by atoms with Crippen LogP contribution in [0.15, 0.2) is 48.5 Å². The fourth-order valence-corrected chi connectivity index (χ4v) is 1.93. The third-order valence-electron chi connectivity index (χ3n) is 2.96. The van der Waals surface area contributed by atoms with Gasteiger partial charge in [0.25, 0.3) is 5.92 Å². The number of aryl methyl sites for hydroxylation is 1. The fourth-order valence-electron chi connectivity index (χ4n) is 1.93. The summed E-state index contributed by atoms with van der Waals surface area (Å²) >= 11 is 0. The van der Waals surface area contributed by atoms with E-state index in [4.69, 9.17) is 5.11 Å². The van der Waals surface area contributed by atoms with Gasteiger partial charge in [0, 0.05) is 11.1 Å². The Hall–Kier alpha value is -2.23. The first kappa shape index (κ1) is 13.2. The maximum Gasteiger partial charge on any atom is 0.335 e. The van der Waals surface area contributed by atoms with Crippen molar-refractivity contribution in [2.24, 2.45) is 0 Å². The lowest BCUT2D eigenvalue weighted by Gasteiger charge is -2.19. The minimum absolute atomic E-state index is 0.113. The molecule has 4 heteroatoms. The van der Waals surface area contributed by atoms with E-state index < -0.39 is 11.9 Å². The molecule has 0 spiro atoms. The van der Waals surface area contributed by atoms with Gasteiger partial charge < -0.3 is 5.11 Å². The molecule has 0 unspecified atom stereocenters. The average Bonchev–Trinajstić information content (AvgIpc) is 2.39. The molecule has 0 amide bonds. The van der Waals surface area contributed by atoms with Gasteiger partial charge in [0.1, 0.15) is 0 Å². The summed E-state index contributed by atoms with van der Waals surface area (Å²) in [4.78, 5) is 10.8. The van der Waals surface area contributed by atoms with E-state index in [1.807, 2.05) is 0 Å². The zero-order chi connectivity index (χ0) is 14.0. The van der Waals surface area contributed by atoms with Crippen molar-refractivity contribution in [3.05, 3.63) is 70.8 Å². The molecule has 2 aromatic rings. The number of aromatic carboxylic acids is 1. The maximum atomic E-state index is 14.4. The van der Waals surface area contributed by atoms with Crippen LogP contribution < -0.4 is 0 Å². The molecule has 2 aromatic carbocycles. The minimum atomic E-state index is -3.21. The molecule has 0 radical (unpaired) electrons. The Labute approximate surface area is 109 Å². The van der Waals surface area contributed by atoms with Crippen LogP contribution in [0.1, 0.15) is 27.0 Å². The smallest absolute Gasteiger partial charge is 0.335 e. The normalized spacial score (nSPS) is 11.3. The molecule has 98 valence electrons. The van der Waals surface area contributed by atoms with E-state index in [-0.39, 0.29) is 16.7 Å². The highest BCUT2D eigenvalue weighted by Gasteiger charge is 2.35. The summed E-state index contributed by atoms with van der Waals surface area (Å²) in [7, 11) is 0. The molecule has 0 saturated heterocycles. The first-order chi connectivity index (χ1) is 8.93. The maximum absolute atomic E-state index is 14.4. The molecule has 0 aromatic heterocycles. The van der Waals surface area contributed by atoms with Gasteiger partial charge in [0.15, 0.2) is 0 Å². The van der Waals surface area contributed by atoms with Crippen molar-refractivity contribution in [2.75, 3.05) is 0 Å². The first-order valence-corrected chi connectivity index (χ1v) is 5.70. The molecular formula is C15H12F2O2. The number of halogens is 2. The van der Waals surface area contributed by atoms with Crippen LogP contribution in [0.4, 0.5) is 8.78 Å². The predicted molar refractivity (Wildman–Crippen MR) is 67.6 cm³/mol. The van der Waals surface area contributed by atoms with E-state index in [0.717, 1.165) is 6.07 Å². The number of alkyl halides is 2. The van der Waals surface area contributed by atoms with Crippen molar-refractivity contribution in [3.63, 3.8) is 0 Å². The lowest BCUT2D eigenvalue weighted by Crippen LogP contribution is -2.17. The number of carboxylic acid groups (broad SMARTS) is 1. The molecule has 19 heavy (non-hydrogen) atoms. The molecule has 1 N–H and O–H groups in total. The van der Waals surface area contributed by atoms with Crippen molar-refractivity contribution in [3.8, 4) is 0 Å². The Morgan fingerprint density at radius 2 is 1.79 bits per heavy atom. The summed E-state index contributed by atoms with van der Waals surface area (Å²) in [5, 5.41) is 8.86. The zero-order valence-electron chi connectivity index (χ0n) is 10.2. The minimum Gasteiger partial charge on any atom is -0.478 e. The molecule has 0 fully saturated rings. The Morgan fingerprint density at radius 1 is 1.11 bits per heavy atom. The van der Waals surface area contributed by atoms with E-state index in [1.165, 1.54) is 30.3 Å². The highest BCUT2D eigenvalue weighted by molar-refractivity contribution is 5.87. The number of benzene rings is 2. The van der Waals surface area contributed by atoms with Crippen molar-refractivity contribution in [1.29, 1.82) is 0 Å². The summed E-state index contributed by atoms with van der Waals surface area (Å²) in [6, 6.07) is 11.0. The second kappa shape index (κ2) is 4.80. The van der Waals surface area contributed by atoms with Gasteiger partial charge in [-0.25, -0.2) is 4.79 Å². The largest absolute Gasteiger partial charge is 0.478 e. The molecule has 0 bridgehead atoms. The average molecular weight is 262 g/mol. The molecule has 2 rings (SSSR count). The van der Waals surface area contributed by atoms with Crippen molar-refractivity contribution in [2.45, 2.75) is 12.8 Å². The number of rotatable bonds is 3. The summed E-state index contributed by atoms with van der Waals surface area (Å²) < 4.78 is 28.8. The van der Waals surface area contributed by atoms with Crippen LogP contribution in [0.25, 0.3) is 0 Å². The van der Waals surface area contributed by atoms with Crippen molar-refractivity contribution in [1.82, 2.24) is 0 Å². The van der Waals surface area contributed by atoms with Gasteiger partial charge in [0.05, 0.1) is 5.56 Å². The van der Waals surface area contributed by atoms with Crippen LogP contribution in [0, 0.1) is 6.92 Å². The summed E-state index contributed by atoms with van der Waals surface area (Å²) in [5.41, 5.74) is -0.113. The van der Waals surface area contributed by atoms with Crippen molar-refractivity contribution >= 4 is 5.97 Å². The van der Waals surface area contributed by atoms with E-state index in [0.29, 0.717) is 5.56 Å². The van der Waals surface area contributed by atoms with E-state index in [1.54, 1.807) is 19.1 Å². The highest BCUT2D eigenvalue weighted by atomic mass is 19.3. The van der Waals surface area contributed by atoms with Gasteiger partial charge in [-0.2, -0.15) is 8.78 Å². The summed E-state index contributed by atoms with van der Waals surface area (Å²) in [5.74, 6) is -4.43. The fraction of sp³-hybridized carbons (Fsp3) is 0.133. The van der Waals surface area contributed by atoms with Gasteiger partial charge in [-0.15, -0.1) is 0 Å². The first-order valence-electron chi connectivity index (χ1n) is 5.70. The third-order valence-corrected chi connectivity index (χ3v) is 2.96. The SMILES string of the molecule is Cc1ccccc1C(F)(F)c1cccc(C(=O)O)c1. The third kappa shape index (κ3) is 2.47. The Morgan fingerprint density at radius 3 is 2.42 bits per heavy atom. The lowest BCUT2D eigenvalue weighted by molar-refractivity contribution is 0.0420. The van der Waals surface area contributed by atoms with Crippen LogP contribution in [0.5, 0.6) is 0 Å². The molecular weight excluding hydrogens is 250 g/mol. The number of carbonyl (C=O) groups is 1. The molecule has 0 atom stereocenters. The van der Waals surface area contributed by atoms with Crippen LogP contribution in [0.3, 0.4) is 0 Å². The second-order valence-electron chi connectivity index (χ2n) is 4.28. The van der Waals surface area contributed by atoms with Gasteiger partial charge in [-0.3, -0.25) is 0 Å².